The second kappa shape index (κ2) is 8.99. The van der Waals surface area contributed by atoms with Gasteiger partial charge in [-0.2, -0.15) is 5.10 Å². The van der Waals surface area contributed by atoms with E-state index in [4.69, 9.17) is 0 Å². The number of aryl methyl sites for hydroxylation is 1. The van der Waals surface area contributed by atoms with Crippen LogP contribution >= 0.6 is 0 Å². The number of nitrogens with zero attached hydrogens (tertiary/aromatic N) is 6. The van der Waals surface area contributed by atoms with Crippen LogP contribution in [0, 0.1) is 0 Å². The number of anilines is 2. The van der Waals surface area contributed by atoms with Crippen molar-refractivity contribution in [2.24, 2.45) is 7.05 Å². The average Bonchev–Trinajstić information content (AvgIpc) is 3.26. The van der Waals surface area contributed by atoms with Gasteiger partial charge in [0.05, 0.1) is 17.6 Å². The molecule has 8 nitrogen and oxygen atoms in total. The lowest BCUT2D eigenvalue weighted by molar-refractivity contribution is 0.264. The fourth-order valence-corrected chi connectivity index (χ4v) is 4.12. The maximum Gasteiger partial charge on any atom is 0.130 e. The van der Waals surface area contributed by atoms with E-state index >= 15 is 0 Å². The van der Waals surface area contributed by atoms with Crippen molar-refractivity contribution >= 4 is 28.0 Å². The molecule has 0 aliphatic carbocycles. The van der Waals surface area contributed by atoms with Crippen LogP contribution in [0.5, 0.6) is 0 Å². The minimum Gasteiger partial charge on any atom is -0.381 e. The maximum absolute atomic E-state index is 4.54. The normalized spacial score (nSPS) is 15.0. The van der Waals surface area contributed by atoms with Gasteiger partial charge in [-0.25, -0.2) is 4.98 Å². The van der Waals surface area contributed by atoms with Gasteiger partial charge >= 0.3 is 0 Å². The lowest BCUT2D eigenvalue weighted by Gasteiger charge is -2.30. The molecule has 0 atom stereocenters. The van der Waals surface area contributed by atoms with Gasteiger partial charge in [0.25, 0.3) is 0 Å². The summed E-state index contributed by atoms with van der Waals surface area (Å²) >= 11 is 0. The molecule has 0 radical (unpaired) electrons. The highest BCUT2D eigenvalue weighted by molar-refractivity contribution is 5.88. The predicted octanol–water partition coefficient (Wildman–Crippen LogP) is 4.01. The quantitative estimate of drug-likeness (QED) is 0.469. The molecule has 4 aromatic heterocycles. The molecule has 4 aromatic rings. The Balaban J connectivity index is 1.31. The number of pyridine rings is 3. The van der Waals surface area contributed by atoms with Crippen molar-refractivity contribution in [2.45, 2.75) is 18.9 Å². The van der Waals surface area contributed by atoms with E-state index in [1.165, 1.54) is 0 Å². The Morgan fingerprint density at radius 1 is 0.970 bits per heavy atom. The largest absolute Gasteiger partial charge is 0.381 e. The van der Waals surface area contributed by atoms with Gasteiger partial charge in [-0.3, -0.25) is 14.6 Å². The fraction of sp³-hybridized carbons (Fsp3) is 0.280. The Kier molecular flexibility index (Phi) is 5.75. The molecule has 0 unspecified atom stereocenters. The van der Waals surface area contributed by atoms with Crippen LogP contribution in [0.15, 0.2) is 62.0 Å². The first kappa shape index (κ1) is 21.1. The van der Waals surface area contributed by atoms with Gasteiger partial charge in [0.2, 0.25) is 0 Å². The van der Waals surface area contributed by atoms with Crippen molar-refractivity contribution in [3.05, 3.63) is 67.5 Å². The summed E-state index contributed by atoms with van der Waals surface area (Å²) in [5.41, 5.74) is 4.56. The van der Waals surface area contributed by atoms with Crippen molar-refractivity contribution < 1.29 is 0 Å². The highest BCUT2D eigenvalue weighted by Crippen LogP contribution is 2.25. The lowest BCUT2D eigenvalue weighted by Crippen LogP contribution is -2.36. The number of nitrogens with one attached hydrogen (secondary N) is 2. The summed E-state index contributed by atoms with van der Waals surface area (Å²) in [5, 5.41) is 13.2. The van der Waals surface area contributed by atoms with Gasteiger partial charge in [-0.1, -0.05) is 6.58 Å². The first-order valence-corrected chi connectivity index (χ1v) is 11.1. The summed E-state index contributed by atoms with van der Waals surface area (Å²) in [7, 11) is 4.07. The number of piperidine rings is 1. The minimum absolute atomic E-state index is 0.476. The molecule has 0 amide bonds. The Morgan fingerprint density at radius 3 is 2.58 bits per heavy atom. The summed E-state index contributed by atoms with van der Waals surface area (Å²) in [6.07, 6.45) is 13.4. The zero-order valence-electron chi connectivity index (χ0n) is 19.0. The number of hydrogen-bond donors (Lipinski definition) is 2. The highest BCUT2D eigenvalue weighted by atomic mass is 15.2. The van der Waals surface area contributed by atoms with Crippen LogP contribution in [-0.2, 0) is 7.05 Å². The number of aromatic nitrogens is 5. The molecule has 1 fully saturated rings. The van der Waals surface area contributed by atoms with E-state index in [9.17, 15) is 0 Å². The van der Waals surface area contributed by atoms with Crippen molar-refractivity contribution in [1.82, 2.24) is 29.6 Å². The molecule has 2 N–H and O–H groups in total. The van der Waals surface area contributed by atoms with Crippen molar-refractivity contribution in [3.63, 3.8) is 0 Å². The van der Waals surface area contributed by atoms with Crippen LogP contribution in [-0.4, -0.2) is 55.8 Å². The second-order valence-electron chi connectivity index (χ2n) is 8.68. The first-order chi connectivity index (χ1) is 16.0. The Labute approximate surface area is 193 Å². The van der Waals surface area contributed by atoms with Crippen LogP contribution < -0.4 is 10.6 Å². The first-order valence-electron chi connectivity index (χ1n) is 11.1. The molecule has 1 aliphatic rings. The van der Waals surface area contributed by atoms with Crippen LogP contribution in [0.2, 0.25) is 0 Å². The van der Waals surface area contributed by atoms with Gasteiger partial charge < -0.3 is 15.5 Å². The zero-order valence-corrected chi connectivity index (χ0v) is 19.0. The van der Waals surface area contributed by atoms with Gasteiger partial charge in [0, 0.05) is 66.3 Å². The van der Waals surface area contributed by atoms with Crippen LogP contribution in [0.1, 0.15) is 18.4 Å². The Hall–Kier alpha value is -3.78. The van der Waals surface area contributed by atoms with E-state index in [2.05, 4.69) is 61.3 Å². The van der Waals surface area contributed by atoms with Gasteiger partial charge in [0.1, 0.15) is 5.82 Å². The molecule has 1 saturated heterocycles. The molecule has 0 spiro atoms. The van der Waals surface area contributed by atoms with Crippen LogP contribution in [0.3, 0.4) is 0 Å². The van der Waals surface area contributed by atoms with Gasteiger partial charge in [0.15, 0.2) is 0 Å². The van der Waals surface area contributed by atoms with Crippen LogP contribution in [0.25, 0.3) is 27.7 Å². The molecule has 0 aromatic carbocycles. The standard InChI is InChI=1S/C25H28N8/c1-17(19-8-23(15-26-11-19)31-22-4-6-32(2)7-5-22)30-25-10-18-9-24(21-14-29-33(3)16-21)27-12-20(18)13-28-25/h8-16,22,31H,1,4-7H2,2-3H3,(H,28,30). The van der Waals surface area contributed by atoms with Crippen LogP contribution in [0.4, 0.5) is 11.5 Å². The van der Waals surface area contributed by atoms with E-state index in [-0.39, 0.29) is 0 Å². The molecular weight excluding hydrogens is 412 g/mol. The average molecular weight is 441 g/mol. The van der Waals surface area contributed by atoms with E-state index in [0.29, 0.717) is 6.04 Å². The Bertz CT molecular complexity index is 1290. The topological polar surface area (TPSA) is 83.8 Å². The summed E-state index contributed by atoms with van der Waals surface area (Å²) < 4.78 is 1.77. The maximum atomic E-state index is 4.54. The van der Waals surface area contributed by atoms with Gasteiger partial charge in [-0.05, 0) is 56.6 Å². The van der Waals surface area contributed by atoms with E-state index in [1.807, 2.05) is 50.3 Å². The van der Waals surface area contributed by atoms with Crippen molar-refractivity contribution in [3.8, 4) is 11.3 Å². The van der Waals surface area contributed by atoms with Crippen molar-refractivity contribution in [1.29, 1.82) is 0 Å². The number of hydrogen-bond acceptors (Lipinski definition) is 7. The SMILES string of the molecule is C=C(Nc1cc2cc(-c3cnn(C)c3)ncc2cn1)c1cncc(NC2CCN(C)CC2)c1. The summed E-state index contributed by atoms with van der Waals surface area (Å²) in [4.78, 5) is 15.9. The predicted molar refractivity (Wildman–Crippen MR) is 133 cm³/mol. The molecule has 5 rings (SSSR count). The number of fused-ring (bicyclic) bond motifs is 1. The van der Waals surface area contributed by atoms with E-state index < -0.39 is 0 Å². The fourth-order valence-electron chi connectivity index (χ4n) is 4.12. The zero-order chi connectivity index (χ0) is 22.8. The molecule has 1 aliphatic heterocycles. The molecule has 168 valence electrons. The molecule has 33 heavy (non-hydrogen) atoms. The third-order valence-corrected chi connectivity index (χ3v) is 6.06. The lowest BCUT2D eigenvalue weighted by atomic mass is 10.1. The van der Waals surface area contributed by atoms with E-state index in [1.54, 1.807) is 4.68 Å². The third-order valence-electron chi connectivity index (χ3n) is 6.06. The third kappa shape index (κ3) is 4.85. The molecule has 0 bridgehead atoms. The van der Waals surface area contributed by atoms with Crippen molar-refractivity contribution in [2.75, 3.05) is 30.8 Å². The molecule has 5 heterocycles. The minimum atomic E-state index is 0.476. The summed E-state index contributed by atoms with van der Waals surface area (Å²) in [5.74, 6) is 0.726. The number of rotatable bonds is 6. The van der Waals surface area contributed by atoms with E-state index in [0.717, 1.165) is 70.7 Å². The Morgan fingerprint density at radius 2 is 1.79 bits per heavy atom. The summed E-state index contributed by atoms with van der Waals surface area (Å²) in [6, 6.07) is 6.63. The number of likely N-dealkylation sites (tertiary alicyclic amines) is 1. The molecular formula is C25H28N8. The molecule has 8 heteroatoms. The second-order valence-corrected chi connectivity index (χ2v) is 8.68. The van der Waals surface area contributed by atoms with Gasteiger partial charge in [-0.15, -0.1) is 0 Å². The molecule has 0 saturated carbocycles. The monoisotopic (exact) mass is 440 g/mol. The highest BCUT2D eigenvalue weighted by Gasteiger charge is 2.16. The summed E-state index contributed by atoms with van der Waals surface area (Å²) in [6.45, 7) is 6.45. The smallest absolute Gasteiger partial charge is 0.130 e.